The van der Waals surface area contributed by atoms with E-state index in [2.05, 4.69) is 20.8 Å². The van der Waals surface area contributed by atoms with Gasteiger partial charge in [0.15, 0.2) is 5.82 Å². The molecule has 10 nitrogen and oxygen atoms in total. The third-order valence-corrected chi connectivity index (χ3v) is 5.98. The van der Waals surface area contributed by atoms with Crippen LogP contribution >= 0.6 is 0 Å². The second-order valence-electron chi connectivity index (χ2n) is 9.32. The lowest BCUT2D eigenvalue weighted by Crippen LogP contribution is -2.45. The van der Waals surface area contributed by atoms with E-state index in [1.54, 1.807) is 31.3 Å². The Kier molecular flexibility index (Phi) is 8.84. The van der Waals surface area contributed by atoms with Crippen LogP contribution in [0.5, 0.6) is 5.75 Å². The summed E-state index contributed by atoms with van der Waals surface area (Å²) in [6.45, 7) is 5.28. The van der Waals surface area contributed by atoms with Crippen molar-refractivity contribution in [2.45, 2.75) is 83.7 Å². The number of esters is 1. The lowest BCUT2D eigenvalue weighted by Gasteiger charge is -2.30. The Balaban J connectivity index is 1.55. The van der Waals surface area contributed by atoms with E-state index < -0.39 is 11.5 Å². The Morgan fingerprint density at radius 1 is 1.11 bits per heavy atom. The van der Waals surface area contributed by atoms with Gasteiger partial charge in [-0.3, -0.25) is 14.5 Å². The van der Waals surface area contributed by atoms with Gasteiger partial charge in [-0.1, -0.05) is 30.8 Å². The minimum absolute atomic E-state index is 0.0307. The summed E-state index contributed by atoms with van der Waals surface area (Å²) in [4.78, 5) is 42.3. The number of anilines is 1. The molecule has 1 heterocycles. The van der Waals surface area contributed by atoms with E-state index in [1.807, 2.05) is 13.8 Å². The molecule has 3 rings (SSSR count). The Bertz CT molecular complexity index is 1010. The first kappa shape index (κ1) is 26.2. The molecule has 0 spiro atoms. The SMILES string of the molecule is CC(=O)NC1(c2noc(CCC(=O)Oc3ccc(N(C)C(=O)NC(C)C)cc3)n2)CCCCCC1. The van der Waals surface area contributed by atoms with Gasteiger partial charge in [-0.05, 0) is 51.0 Å². The molecule has 0 bridgehead atoms. The number of urea groups is 1. The van der Waals surface area contributed by atoms with Crippen molar-refractivity contribution in [3.8, 4) is 5.75 Å². The average molecular weight is 486 g/mol. The maximum Gasteiger partial charge on any atom is 0.321 e. The fourth-order valence-corrected chi connectivity index (χ4v) is 4.21. The lowest BCUT2D eigenvalue weighted by atomic mass is 9.89. The molecule has 0 aliphatic heterocycles. The van der Waals surface area contributed by atoms with Crippen molar-refractivity contribution in [2.75, 3.05) is 11.9 Å². The maximum absolute atomic E-state index is 12.4. The molecule has 0 radical (unpaired) electrons. The molecular formula is C25H35N5O5. The Labute approximate surface area is 205 Å². The standard InChI is InChI=1S/C25H35N5O5/c1-17(2)26-24(33)30(4)19-9-11-20(12-10-19)34-22(32)14-13-21-27-23(29-35-21)25(28-18(3)31)15-7-5-6-8-16-25/h9-12,17H,5-8,13-16H2,1-4H3,(H,26,33)(H,28,31). The van der Waals surface area contributed by atoms with Gasteiger partial charge in [0.05, 0.1) is 6.42 Å². The number of nitrogens with zero attached hydrogens (tertiary/aromatic N) is 3. The lowest BCUT2D eigenvalue weighted by molar-refractivity contribution is -0.134. The zero-order chi connectivity index (χ0) is 25.4. The zero-order valence-corrected chi connectivity index (χ0v) is 20.9. The van der Waals surface area contributed by atoms with Gasteiger partial charge in [-0.15, -0.1) is 0 Å². The number of ether oxygens (including phenoxy) is 1. The molecule has 190 valence electrons. The van der Waals surface area contributed by atoms with E-state index in [1.165, 1.54) is 11.8 Å². The molecule has 1 aliphatic carbocycles. The summed E-state index contributed by atoms with van der Waals surface area (Å²) < 4.78 is 10.8. The van der Waals surface area contributed by atoms with E-state index in [0.29, 0.717) is 23.2 Å². The number of hydrogen-bond acceptors (Lipinski definition) is 7. The number of benzene rings is 1. The van der Waals surface area contributed by atoms with E-state index in [0.717, 1.165) is 38.5 Å². The summed E-state index contributed by atoms with van der Waals surface area (Å²) in [6, 6.07) is 6.51. The van der Waals surface area contributed by atoms with Crippen LogP contribution in [0.15, 0.2) is 28.8 Å². The highest BCUT2D eigenvalue weighted by Crippen LogP contribution is 2.34. The molecule has 3 amide bonds. The second-order valence-corrected chi connectivity index (χ2v) is 9.32. The molecule has 0 unspecified atom stereocenters. The first-order valence-corrected chi connectivity index (χ1v) is 12.2. The molecule has 0 atom stereocenters. The van der Waals surface area contributed by atoms with Crippen LogP contribution in [0, 0.1) is 0 Å². The first-order valence-electron chi connectivity index (χ1n) is 12.2. The van der Waals surface area contributed by atoms with Crippen LogP contribution in [0.1, 0.15) is 77.4 Å². The zero-order valence-electron chi connectivity index (χ0n) is 20.9. The normalized spacial score (nSPS) is 15.2. The molecule has 2 N–H and O–H groups in total. The van der Waals surface area contributed by atoms with Crippen LogP contribution < -0.4 is 20.3 Å². The predicted octanol–water partition coefficient (Wildman–Crippen LogP) is 3.85. The van der Waals surface area contributed by atoms with E-state index in [9.17, 15) is 14.4 Å². The summed E-state index contributed by atoms with van der Waals surface area (Å²) in [5, 5.41) is 10.0. The van der Waals surface area contributed by atoms with Gasteiger partial charge in [0.25, 0.3) is 0 Å². The minimum atomic E-state index is -0.619. The number of carbonyl (C=O) groups is 3. The monoisotopic (exact) mass is 485 g/mol. The number of aryl methyl sites for hydroxylation is 1. The van der Waals surface area contributed by atoms with Gasteiger partial charge in [0.2, 0.25) is 11.8 Å². The Morgan fingerprint density at radius 2 is 1.77 bits per heavy atom. The summed E-state index contributed by atoms with van der Waals surface area (Å²) >= 11 is 0. The molecule has 1 aromatic carbocycles. The molecule has 1 aromatic heterocycles. The summed E-state index contributed by atoms with van der Waals surface area (Å²) in [7, 11) is 1.67. The van der Waals surface area contributed by atoms with Gasteiger partial charge >= 0.3 is 12.0 Å². The van der Waals surface area contributed by atoms with Crippen LogP contribution in [0.4, 0.5) is 10.5 Å². The molecule has 2 aromatic rings. The average Bonchev–Trinajstić information content (AvgIpc) is 3.17. The number of aromatic nitrogens is 2. The third kappa shape index (κ3) is 7.27. The van der Waals surface area contributed by atoms with Crippen molar-refractivity contribution in [1.82, 2.24) is 20.8 Å². The van der Waals surface area contributed by atoms with Crippen LogP contribution in [0.3, 0.4) is 0 Å². The predicted molar refractivity (Wildman–Crippen MR) is 130 cm³/mol. The fraction of sp³-hybridized carbons (Fsp3) is 0.560. The van der Waals surface area contributed by atoms with Gasteiger partial charge in [0, 0.05) is 32.1 Å². The van der Waals surface area contributed by atoms with Crippen molar-refractivity contribution in [2.24, 2.45) is 0 Å². The number of hydrogen-bond donors (Lipinski definition) is 2. The van der Waals surface area contributed by atoms with E-state index in [-0.39, 0.29) is 30.8 Å². The number of carbonyl (C=O) groups excluding carboxylic acids is 3. The minimum Gasteiger partial charge on any atom is -0.427 e. The maximum atomic E-state index is 12.4. The second kappa shape index (κ2) is 11.8. The van der Waals surface area contributed by atoms with Crippen LogP contribution in [-0.4, -0.2) is 41.1 Å². The van der Waals surface area contributed by atoms with Gasteiger partial charge in [-0.2, -0.15) is 4.98 Å². The quantitative estimate of drug-likeness (QED) is 0.330. The number of nitrogens with one attached hydrogen (secondary N) is 2. The van der Waals surface area contributed by atoms with Crippen molar-refractivity contribution < 1.29 is 23.6 Å². The fourth-order valence-electron chi connectivity index (χ4n) is 4.21. The Hall–Kier alpha value is -3.43. The van der Waals surface area contributed by atoms with E-state index in [4.69, 9.17) is 9.26 Å². The van der Waals surface area contributed by atoms with Crippen molar-refractivity contribution in [1.29, 1.82) is 0 Å². The third-order valence-electron chi connectivity index (χ3n) is 5.98. The molecule has 1 fully saturated rings. The van der Waals surface area contributed by atoms with Gasteiger partial charge in [0.1, 0.15) is 11.3 Å². The van der Waals surface area contributed by atoms with Gasteiger partial charge < -0.3 is 19.9 Å². The summed E-state index contributed by atoms with van der Waals surface area (Å²) in [5.74, 6) is 0.623. The highest BCUT2D eigenvalue weighted by Gasteiger charge is 2.38. The molecule has 0 saturated heterocycles. The van der Waals surface area contributed by atoms with Gasteiger partial charge in [-0.25, -0.2) is 4.79 Å². The number of amides is 3. The van der Waals surface area contributed by atoms with Crippen LogP contribution in [0.2, 0.25) is 0 Å². The van der Waals surface area contributed by atoms with Crippen LogP contribution in [0.25, 0.3) is 0 Å². The van der Waals surface area contributed by atoms with Crippen molar-refractivity contribution >= 4 is 23.6 Å². The molecule has 1 saturated carbocycles. The Morgan fingerprint density at radius 3 is 2.37 bits per heavy atom. The highest BCUT2D eigenvalue weighted by atomic mass is 16.5. The molecular weight excluding hydrogens is 450 g/mol. The van der Waals surface area contributed by atoms with Crippen LogP contribution in [-0.2, 0) is 21.5 Å². The largest absolute Gasteiger partial charge is 0.427 e. The van der Waals surface area contributed by atoms with Crippen molar-refractivity contribution in [3.63, 3.8) is 0 Å². The number of rotatable bonds is 8. The topological polar surface area (TPSA) is 127 Å². The molecule has 10 heteroatoms. The smallest absolute Gasteiger partial charge is 0.321 e. The van der Waals surface area contributed by atoms with E-state index >= 15 is 0 Å². The highest BCUT2D eigenvalue weighted by molar-refractivity contribution is 5.91. The summed E-state index contributed by atoms with van der Waals surface area (Å²) in [6.07, 6.45) is 6.00. The first-order chi connectivity index (χ1) is 16.7. The van der Waals surface area contributed by atoms with Crippen molar-refractivity contribution in [3.05, 3.63) is 36.0 Å². The molecule has 1 aliphatic rings. The summed E-state index contributed by atoms with van der Waals surface area (Å²) in [5.41, 5.74) is 0.0546. The molecule has 35 heavy (non-hydrogen) atoms.